The minimum absolute atomic E-state index is 0.183. The molecule has 1 N–H and O–H groups in total. The first-order valence-electron chi connectivity index (χ1n) is 6.26. The van der Waals surface area contributed by atoms with Gasteiger partial charge in [0.05, 0.1) is 4.90 Å². The van der Waals surface area contributed by atoms with Crippen LogP contribution in [0.15, 0.2) is 29.2 Å². The molecule has 0 saturated carbocycles. The summed E-state index contributed by atoms with van der Waals surface area (Å²) in [5, 5.41) is 2.55. The third-order valence-corrected chi connectivity index (χ3v) is 3.45. The number of carbonyl (C=O) groups excluding carboxylic acids is 3. The molecule has 0 aliphatic carbocycles. The van der Waals surface area contributed by atoms with E-state index in [0.717, 1.165) is 6.26 Å². The van der Waals surface area contributed by atoms with Crippen LogP contribution in [-0.2, 0) is 24.2 Å². The van der Waals surface area contributed by atoms with Gasteiger partial charge in [-0.3, -0.25) is 14.4 Å². The number of rotatable bonds is 3. The fourth-order valence-electron chi connectivity index (χ4n) is 1.25. The molecule has 0 unspecified atom stereocenters. The summed E-state index contributed by atoms with van der Waals surface area (Å²) in [5.41, 5.74) is 0.588. The third-order valence-electron chi connectivity index (χ3n) is 2.32. The van der Waals surface area contributed by atoms with Gasteiger partial charge < -0.3 is 5.32 Å². The van der Waals surface area contributed by atoms with E-state index in [4.69, 9.17) is 0 Å². The van der Waals surface area contributed by atoms with Crippen LogP contribution in [0.4, 0.5) is 32.0 Å². The van der Waals surface area contributed by atoms with Gasteiger partial charge in [0.15, 0.2) is 9.84 Å². The Kier molecular flexibility index (Phi) is 7.51. The predicted octanol–water partition coefficient (Wildman–Crippen LogP) is 2.30. The lowest BCUT2D eigenvalue weighted by Gasteiger charge is -2.05. The van der Waals surface area contributed by atoms with Crippen molar-refractivity contribution in [1.82, 2.24) is 0 Å². The number of carbonyl (C=O) groups is 3. The Hall–Kier alpha value is -2.44. The molecule has 1 aromatic carbocycles. The van der Waals surface area contributed by atoms with Crippen LogP contribution in [0.25, 0.3) is 0 Å². The van der Waals surface area contributed by atoms with Crippen molar-refractivity contribution in [3.63, 3.8) is 0 Å². The van der Waals surface area contributed by atoms with Gasteiger partial charge in [-0.2, -0.15) is 26.3 Å². The summed E-state index contributed by atoms with van der Waals surface area (Å²) >= 11 is 0. The fraction of sp³-hybridized carbons (Fsp3) is 0.308. The first kappa shape index (κ1) is 23.6. The maximum atomic E-state index is 11.2. The van der Waals surface area contributed by atoms with Crippen LogP contribution < -0.4 is 5.32 Å². The number of sulfone groups is 1. The number of benzene rings is 1. The van der Waals surface area contributed by atoms with Crippen molar-refractivity contribution in [3.05, 3.63) is 24.3 Å². The van der Waals surface area contributed by atoms with Crippen LogP contribution in [0, 0.1) is 0 Å². The highest BCUT2D eigenvalue weighted by atomic mass is 32.2. The summed E-state index contributed by atoms with van der Waals surface area (Å²) in [7, 11) is -3.16. The maximum Gasteiger partial charge on any atom is 0.458 e. The Morgan fingerprint density at radius 1 is 0.846 bits per heavy atom. The van der Waals surface area contributed by atoms with Crippen LogP contribution in [0.2, 0.25) is 0 Å². The molecular weight excluding hydrogens is 396 g/mol. The quantitative estimate of drug-likeness (QED) is 0.613. The van der Waals surface area contributed by atoms with Crippen molar-refractivity contribution in [2.45, 2.75) is 24.2 Å². The molecule has 0 atom stereocenters. The first-order chi connectivity index (χ1) is 11.5. The second kappa shape index (κ2) is 8.29. The average Bonchev–Trinajstić information content (AvgIpc) is 2.43. The van der Waals surface area contributed by atoms with E-state index in [1.165, 1.54) is 19.1 Å². The molecule has 0 fully saturated rings. The molecule has 0 aliphatic heterocycles. The molecule has 13 heteroatoms. The SMILES string of the molecule is CC(=O)Nc1ccc(S(C)(=O)=O)cc1.O=C(C(=O)C(F)(F)F)C(F)(F)F. The van der Waals surface area contributed by atoms with Gasteiger partial charge in [0, 0.05) is 18.9 Å². The molecule has 0 spiro atoms. The Morgan fingerprint density at radius 3 is 1.42 bits per heavy atom. The predicted molar refractivity (Wildman–Crippen MR) is 76.0 cm³/mol. The smallest absolute Gasteiger partial charge is 0.326 e. The largest absolute Gasteiger partial charge is 0.458 e. The number of alkyl halides is 6. The summed E-state index contributed by atoms with van der Waals surface area (Å²) in [6, 6.07) is 6.02. The van der Waals surface area contributed by atoms with E-state index in [9.17, 15) is 49.1 Å². The summed E-state index contributed by atoms with van der Waals surface area (Å²) < 4.78 is 89.1. The highest BCUT2D eigenvalue weighted by Gasteiger charge is 2.54. The molecular formula is C13H11F6NO5S. The van der Waals surface area contributed by atoms with Gasteiger partial charge in [0.2, 0.25) is 5.91 Å². The standard InChI is InChI=1S/C9H11NO3S.C4F6O2/c1-7(11)10-8-3-5-9(6-4-8)14(2,12)13;5-3(6,7)1(11)2(12)4(8,9)10/h3-6H,1-2H3,(H,10,11);. The number of ketones is 2. The van der Waals surface area contributed by atoms with Crippen molar-refractivity contribution < 1.29 is 49.1 Å². The van der Waals surface area contributed by atoms with Gasteiger partial charge in [-0.15, -0.1) is 0 Å². The monoisotopic (exact) mass is 407 g/mol. The van der Waals surface area contributed by atoms with Gasteiger partial charge in [-0.1, -0.05) is 0 Å². The third kappa shape index (κ3) is 8.09. The van der Waals surface area contributed by atoms with E-state index in [1.807, 2.05) is 0 Å². The molecule has 26 heavy (non-hydrogen) atoms. The van der Waals surface area contributed by atoms with Crippen LogP contribution in [0.1, 0.15) is 6.92 Å². The first-order valence-corrected chi connectivity index (χ1v) is 8.15. The van der Waals surface area contributed by atoms with Gasteiger partial charge in [-0.25, -0.2) is 8.42 Å². The normalized spacial score (nSPS) is 11.8. The lowest BCUT2D eigenvalue weighted by atomic mass is 10.2. The number of hydrogen-bond donors (Lipinski definition) is 1. The van der Waals surface area contributed by atoms with Crippen LogP contribution in [0.5, 0.6) is 0 Å². The Balaban J connectivity index is 0.000000488. The van der Waals surface area contributed by atoms with E-state index in [1.54, 1.807) is 12.1 Å². The lowest BCUT2D eigenvalue weighted by molar-refractivity contribution is -0.193. The van der Waals surface area contributed by atoms with Crippen LogP contribution in [0.3, 0.4) is 0 Å². The molecule has 6 nitrogen and oxygen atoms in total. The van der Waals surface area contributed by atoms with E-state index in [2.05, 4.69) is 5.32 Å². The number of nitrogens with one attached hydrogen (secondary N) is 1. The fourth-order valence-corrected chi connectivity index (χ4v) is 1.88. The highest BCUT2D eigenvalue weighted by molar-refractivity contribution is 7.90. The van der Waals surface area contributed by atoms with Crippen molar-refractivity contribution in [2.24, 2.45) is 0 Å². The highest BCUT2D eigenvalue weighted by Crippen LogP contribution is 2.24. The topological polar surface area (TPSA) is 97.4 Å². The molecule has 0 saturated heterocycles. The van der Waals surface area contributed by atoms with E-state index in [-0.39, 0.29) is 10.8 Å². The zero-order valence-corrected chi connectivity index (χ0v) is 13.8. The molecule has 146 valence electrons. The number of anilines is 1. The minimum atomic E-state index is -5.77. The van der Waals surface area contributed by atoms with Gasteiger partial charge >= 0.3 is 23.9 Å². The summed E-state index contributed by atoms with van der Waals surface area (Å²) in [4.78, 5) is 30.1. The van der Waals surface area contributed by atoms with Crippen molar-refractivity contribution >= 4 is 33.0 Å². The average molecular weight is 407 g/mol. The molecule has 0 heterocycles. The van der Waals surface area contributed by atoms with Crippen molar-refractivity contribution in [1.29, 1.82) is 0 Å². The molecule has 0 radical (unpaired) electrons. The molecule has 0 bridgehead atoms. The van der Waals surface area contributed by atoms with E-state index < -0.39 is 33.8 Å². The van der Waals surface area contributed by atoms with Crippen LogP contribution in [-0.4, -0.2) is 44.5 Å². The minimum Gasteiger partial charge on any atom is -0.326 e. The second-order valence-electron chi connectivity index (χ2n) is 4.63. The van der Waals surface area contributed by atoms with E-state index in [0.29, 0.717) is 5.69 Å². The number of Topliss-reactive ketones (excluding diaryl/α,β-unsaturated/α-hetero) is 2. The number of hydrogen-bond acceptors (Lipinski definition) is 5. The second-order valence-corrected chi connectivity index (χ2v) is 6.65. The Bertz CT molecular complexity index is 757. The van der Waals surface area contributed by atoms with Gasteiger partial charge in [-0.05, 0) is 24.3 Å². The number of amides is 1. The molecule has 1 aromatic rings. The van der Waals surface area contributed by atoms with Crippen molar-refractivity contribution in [2.75, 3.05) is 11.6 Å². The molecule has 0 aromatic heterocycles. The maximum absolute atomic E-state index is 11.2. The summed E-state index contributed by atoms with van der Waals surface area (Å²) in [6.07, 6.45) is -10.4. The van der Waals surface area contributed by atoms with Gasteiger partial charge in [0.25, 0.3) is 0 Å². The molecule has 1 rings (SSSR count). The molecule has 0 aliphatic rings. The van der Waals surface area contributed by atoms with Crippen LogP contribution >= 0.6 is 0 Å². The lowest BCUT2D eigenvalue weighted by Crippen LogP contribution is -2.39. The van der Waals surface area contributed by atoms with Crippen molar-refractivity contribution in [3.8, 4) is 0 Å². The summed E-state index contributed by atoms with van der Waals surface area (Å²) in [5.74, 6) is -7.00. The number of halogens is 6. The Morgan fingerprint density at radius 2 is 1.19 bits per heavy atom. The Labute approximate surface area is 143 Å². The zero-order chi connectivity index (χ0) is 20.9. The van der Waals surface area contributed by atoms with E-state index >= 15 is 0 Å². The van der Waals surface area contributed by atoms with Gasteiger partial charge in [0.1, 0.15) is 0 Å². The summed E-state index contributed by atoms with van der Waals surface area (Å²) in [6.45, 7) is 1.39. The molecule has 1 amide bonds. The zero-order valence-electron chi connectivity index (χ0n) is 13.0.